The zero-order chi connectivity index (χ0) is 16.7. The molecule has 0 atom stereocenters. The third kappa shape index (κ3) is 2.52. The lowest BCUT2D eigenvalue weighted by molar-refractivity contribution is 0.101. The summed E-state index contributed by atoms with van der Waals surface area (Å²) in [5, 5.41) is 2.01. The van der Waals surface area contributed by atoms with Gasteiger partial charge in [-0.3, -0.25) is 10.1 Å². The van der Waals surface area contributed by atoms with Crippen molar-refractivity contribution in [2.24, 2.45) is 0 Å². The van der Waals surface area contributed by atoms with Gasteiger partial charge in [0, 0.05) is 0 Å². The van der Waals surface area contributed by atoms with Crippen LogP contribution >= 0.6 is 11.3 Å². The Kier molecular flexibility index (Phi) is 3.72. The van der Waals surface area contributed by atoms with Gasteiger partial charge in [-0.25, -0.2) is 26.9 Å². The van der Waals surface area contributed by atoms with E-state index in [0.29, 0.717) is 10.2 Å². The van der Waals surface area contributed by atoms with Gasteiger partial charge in [0.2, 0.25) is 5.82 Å². The summed E-state index contributed by atoms with van der Waals surface area (Å²) < 4.78 is 67.0. The fourth-order valence-corrected chi connectivity index (χ4v) is 2.75. The molecule has 118 valence electrons. The normalized spacial score (nSPS) is 11.0. The minimum Gasteiger partial charge on any atom is -0.298 e. The summed E-state index contributed by atoms with van der Waals surface area (Å²) in [6.45, 7) is 0. The first-order valence-corrected chi connectivity index (χ1v) is 6.90. The summed E-state index contributed by atoms with van der Waals surface area (Å²) in [7, 11) is 0. The largest absolute Gasteiger partial charge is 0.298 e. The lowest BCUT2D eigenvalue weighted by Crippen LogP contribution is -2.19. The van der Waals surface area contributed by atoms with Gasteiger partial charge in [0.15, 0.2) is 28.4 Å². The van der Waals surface area contributed by atoms with Crippen molar-refractivity contribution in [1.29, 1.82) is 0 Å². The second kappa shape index (κ2) is 5.58. The first-order chi connectivity index (χ1) is 10.9. The maximum absolute atomic E-state index is 13.6. The molecule has 0 aliphatic rings. The molecular formula is C14H5F5N2OS. The first-order valence-electron chi connectivity index (χ1n) is 6.08. The number of benzene rings is 2. The Morgan fingerprint density at radius 1 is 0.913 bits per heavy atom. The number of rotatable bonds is 2. The van der Waals surface area contributed by atoms with E-state index in [1.165, 1.54) is 0 Å². The molecule has 1 N–H and O–H groups in total. The van der Waals surface area contributed by atoms with Crippen molar-refractivity contribution in [3.63, 3.8) is 0 Å². The summed E-state index contributed by atoms with van der Waals surface area (Å²) in [4.78, 5) is 15.8. The molecule has 23 heavy (non-hydrogen) atoms. The van der Waals surface area contributed by atoms with Gasteiger partial charge in [0.1, 0.15) is 5.56 Å². The number of anilines is 1. The Balaban J connectivity index is 2.01. The monoisotopic (exact) mass is 344 g/mol. The Bertz CT molecular complexity index is 878. The van der Waals surface area contributed by atoms with Crippen LogP contribution in [0.2, 0.25) is 0 Å². The molecule has 1 aromatic heterocycles. The SMILES string of the molecule is O=C(Nc1nc2ccccc2s1)c1c(F)c(F)c(F)c(F)c1F. The number of amides is 1. The Labute approximate surface area is 129 Å². The van der Waals surface area contributed by atoms with Crippen LogP contribution in [0.4, 0.5) is 27.1 Å². The molecule has 1 amide bonds. The number of thiazole rings is 1. The molecule has 0 spiro atoms. The Hall–Kier alpha value is -2.55. The van der Waals surface area contributed by atoms with E-state index in [2.05, 4.69) is 4.98 Å². The van der Waals surface area contributed by atoms with Crippen molar-refractivity contribution in [3.8, 4) is 0 Å². The minimum atomic E-state index is -2.32. The van der Waals surface area contributed by atoms with Crippen LogP contribution in [0.25, 0.3) is 10.2 Å². The number of carbonyl (C=O) groups excluding carboxylic acids is 1. The predicted octanol–water partition coefficient (Wildman–Crippen LogP) is 4.24. The highest BCUT2D eigenvalue weighted by Gasteiger charge is 2.30. The fraction of sp³-hybridized carbons (Fsp3) is 0. The van der Waals surface area contributed by atoms with Gasteiger partial charge in [-0.05, 0) is 12.1 Å². The minimum absolute atomic E-state index is 0.0276. The van der Waals surface area contributed by atoms with Crippen LogP contribution in [0.5, 0.6) is 0 Å². The van der Waals surface area contributed by atoms with E-state index in [-0.39, 0.29) is 5.13 Å². The fourth-order valence-electron chi connectivity index (χ4n) is 1.89. The highest BCUT2D eigenvalue weighted by molar-refractivity contribution is 7.22. The standard InChI is InChI=1S/C14H5F5N2OS/c15-8-7(9(16)11(18)12(19)10(8)17)13(22)21-14-20-5-3-1-2-4-6(5)23-14/h1-4H,(H,20,21,22). The average Bonchev–Trinajstić information content (AvgIpc) is 2.93. The Morgan fingerprint density at radius 2 is 1.48 bits per heavy atom. The maximum Gasteiger partial charge on any atom is 0.263 e. The van der Waals surface area contributed by atoms with Gasteiger partial charge in [0.05, 0.1) is 10.2 Å². The third-order valence-electron chi connectivity index (χ3n) is 2.95. The molecule has 0 saturated heterocycles. The molecule has 0 bridgehead atoms. The van der Waals surface area contributed by atoms with Crippen molar-refractivity contribution in [1.82, 2.24) is 4.98 Å². The summed E-state index contributed by atoms with van der Waals surface area (Å²) >= 11 is 0.994. The summed E-state index contributed by atoms with van der Waals surface area (Å²) in [5.41, 5.74) is -1.04. The second-order valence-electron chi connectivity index (χ2n) is 4.39. The van der Waals surface area contributed by atoms with Crippen LogP contribution < -0.4 is 5.32 Å². The van der Waals surface area contributed by atoms with Crippen molar-refractivity contribution in [2.45, 2.75) is 0 Å². The van der Waals surface area contributed by atoms with E-state index < -0.39 is 40.6 Å². The molecule has 3 nitrogen and oxygen atoms in total. The van der Waals surface area contributed by atoms with Crippen LogP contribution in [0.1, 0.15) is 10.4 Å². The highest BCUT2D eigenvalue weighted by atomic mass is 32.1. The van der Waals surface area contributed by atoms with Gasteiger partial charge in [-0.15, -0.1) is 0 Å². The van der Waals surface area contributed by atoms with Gasteiger partial charge in [-0.1, -0.05) is 23.5 Å². The molecule has 0 radical (unpaired) electrons. The van der Waals surface area contributed by atoms with E-state index in [4.69, 9.17) is 0 Å². The summed E-state index contributed by atoms with van der Waals surface area (Å²) in [5.74, 6) is -12.6. The van der Waals surface area contributed by atoms with E-state index in [0.717, 1.165) is 11.3 Å². The van der Waals surface area contributed by atoms with Crippen molar-refractivity contribution in [2.75, 3.05) is 5.32 Å². The lowest BCUT2D eigenvalue weighted by Gasteiger charge is -2.07. The number of halogens is 5. The number of aromatic nitrogens is 1. The zero-order valence-electron chi connectivity index (χ0n) is 11.0. The third-order valence-corrected chi connectivity index (χ3v) is 3.90. The number of carbonyl (C=O) groups is 1. The maximum atomic E-state index is 13.6. The number of nitrogens with one attached hydrogen (secondary N) is 1. The smallest absolute Gasteiger partial charge is 0.263 e. The number of fused-ring (bicyclic) bond motifs is 1. The van der Waals surface area contributed by atoms with Gasteiger partial charge < -0.3 is 0 Å². The van der Waals surface area contributed by atoms with E-state index >= 15 is 0 Å². The molecule has 3 rings (SSSR count). The highest BCUT2D eigenvalue weighted by Crippen LogP contribution is 2.27. The zero-order valence-corrected chi connectivity index (χ0v) is 11.8. The van der Waals surface area contributed by atoms with Crippen LogP contribution in [0.15, 0.2) is 24.3 Å². The Morgan fingerprint density at radius 3 is 2.09 bits per heavy atom. The topological polar surface area (TPSA) is 42.0 Å². The predicted molar refractivity (Wildman–Crippen MR) is 73.8 cm³/mol. The summed E-state index contributed by atoms with van der Waals surface area (Å²) in [6.07, 6.45) is 0. The molecule has 0 fully saturated rings. The second-order valence-corrected chi connectivity index (χ2v) is 5.42. The van der Waals surface area contributed by atoms with Crippen LogP contribution in [-0.4, -0.2) is 10.9 Å². The van der Waals surface area contributed by atoms with Crippen LogP contribution in [-0.2, 0) is 0 Å². The molecule has 1 heterocycles. The van der Waals surface area contributed by atoms with Crippen LogP contribution in [0, 0.1) is 29.1 Å². The number of nitrogens with zero attached hydrogens (tertiary/aromatic N) is 1. The van der Waals surface area contributed by atoms with Gasteiger partial charge in [0.25, 0.3) is 5.91 Å². The molecular weight excluding hydrogens is 339 g/mol. The van der Waals surface area contributed by atoms with Crippen LogP contribution in [0.3, 0.4) is 0 Å². The quantitative estimate of drug-likeness (QED) is 0.429. The summed E-state index contributed by atoms with van der Waals surface area (Å²) in [6, 6.07) is 6.74. The van der Waals surface area contributed by atoms with E-state index in [1.807, 2.05) is 5.32 Å². The van der Waals surface area contributed by atoms with Crippen molar-refractivity contribution in [3.05, 3.63) is 58.9 Å². The molecule has 0 aliphatic heterocycles. The molecule has 0 unspecified atom stereocenters. The number of hydrogen-bond acceptors (Lipinski definition) is 3. The number of hydrogen-bond donors (Lipinski definition) is 1. The molecule has 3 aromatic rings. The van der Waals surface area contributed by atoms with E-state index in [9.17, 15) is 26.7 Å². The van der Waals surface area contributed by atoms with Gasteiger partial charge in [-0.2, -0.15) is 0 Å². The van der Waals surface area contributed by atoms with Crippen molar-refractivity contribution < 1.29 is 26.7 Å². The van der Waals surface area contributed by atoms with E-state index in [1.54, 1.807) is 24.3 Å². The first kappa shape index (κ1) is 15.3. The van der Waals surface area contributed by atoms with Gasteiger partial charge >= 0.3 is 0 Å². The average molecular weight is 344 g/mol. The lowest BCUT2D eigenvalue weighted by atomic mass is 10.1. The molecule has 2 aromatic carbocycles. The molecule has 0 aliphatic carbocycles. The molecule has 9 heteroatoms. The number of para-hydroxylation sites is 1. The molecule has 0 saturated carbocycles. The van der Waals surface area contributed by atoms with Crippen molar-refractivity contribution >= 4 is 32.6 Å².